The molecule has 2 N–H and O–H groups in total. The van der Waals surface area contributed by atoms with Crippen molar-refractivity contribution in [1.29, 1.82) is 0 Å². The Morgan fingerprint density at radius 2 is 2.00 bits per heavy atom. The summed E-state index contributed by atoms with van der Waals surface area (Å²) in [6.45, 7) is 1.89. The second-order valence-electron chi connectivity index (χ2n) is 4.90. The molecule has 0 unspecified atom stereocenters. The summed E-state index contributed by atoms with van der Waals surface area (Å²) in [6, 6.07) is 10.4. The molecule has 0 atom stereocenters. The van der Waals surface area contributed by atoms with E-state index in [0.717, 1.165) is 6.42 Å². The highest BCUT2D eigenvalue weighted by molar-refractivity contribution is 6.36. The van der Waals surface area contributed by atoms with Crippen LogP contribution in [-0.2, 0) is 11.2 Å². The SMILES string of the molecule is CCc1ccc(OCC(=O)NN=Cc2cc(Cl)cc(Cl)c2O)cc1. The zero-order valence-corrected chi connectivity index (χ0v) is 14.4. The third kappa shape index (κ3) is 5.15. The van der Waals surface area contributed by atoms with Gasteiger partial charge in [0.2, 0.25) is 0 Å². The van der Waals surface area contributed by atoms with Gasteiger partial charge in [0.25, 0.3) is 5.91 Å². The lowest BCUT2D eigenvalue weighted by Gasteiger charge is -2.06. The predicted molar refractivity (Wildman–Crippen MR) is 95.2 cm³/mol. The highest BCUT2D eigenvalue weighted by atomic mass is 35.5. The number of phenols is 1. The summed E-state index contributed by atoms with van der Waals surface area (Å²) in [4.78, 5) is 11.7. The fourth-order valence-corrected chi connectivity index (χ4v) is 2.37. The van der Waals surface area contributed by atoms with Crippen LogP contribution in [0.15, 0.2) is 41.5 Å². The minimum absolute atomic E-state index is 0.106. The summed E-state index contributed by atoms with van der Waals surface area (Å²) in [5, 5.41) is 14.0. The normalized spacial score (nSPS) is 10.8. The molecule has 2 aromatic carbocycles. The van der Waals surface area contributed by atoms with E-state index >= 15 is 0 Å². The number of hydrazone groups is 1. The van der Waals surface area contributed by atoms with E-state index in [0.29, 0.717) is 16.3 Å². The maximum absolute atomic E-state index is 11.7. The maximum Gasteiger partial charge on any atom is 0.277 e. The molecule has 0 fully saturated rings. The van der Waals surface area contributed by atoms with Crippen LogP contribution in [0.4, 0.5) is 0 Å². The van der Waals surface area contributed by atoms with Crippen molar-refractivity contribution >= 4 is 35.3 Å². The molecule has 0 bridgehead atoms. The third-order valence-corrected chi connectivity index (χ3v) is 3.66. The number of halogens is 2. The average Bonchev–Trinajstić information content (AvgIpc) is 2.57. The van der Waals surface area contributed by atoms with E-state index < -0.39 is 5.91 Å². The largest absolute Gasteiger partial charge is 0.506 e. The zero-order valence-electron chi connectivity index (χ0n) is 12.9. The van der Waals surface area contributed by atoms with Crippen molar-refractivity contribution < 1.29 is 14.6 Å². The molecule has 0 aromatic heterocycles. The minimum Gasteiger partial charge on any atom is -0.506 e. The van der Waals surface area contributed by atoms with E-state index in [9.17, 15) is 9.90 Å². The molecular weight excluding hydrogens is 351 g/mol. The van der Waals surface area contributed by atoms with Gasteiger partial charge in [-0.25, -0.2) is 5.43 Å². The second-order valence-corrected chi connectivity index (χ2v) is 5.75. The number of carbonyl (C=O) groups excluding carboxylic acids is 1. The fraction of sp³-hybridized carbons (Fsp3) is 0.176. The molecule has 0 heterocycles. The van der Waals surface area contributed by atoms with Crippen LogP contribution < -0.4 is 10.2 Å². The fourth-order valence-electron chi connectivity index (χ4n) is 1.86. The number of aryl methyl sites for hydroxylation is 1. The number of nitrogens with one attached hydrogen (secondary N) is 1. The molecule has 0 aliphatic heterocycles. The predicted octanol–water partition coefficient (Wildman–Crippen LogP) is 3.79. The number of aromatic hydroxyl groups is 1. The number of rotatable bonds is 6. The lowest BCUT2D eigenvalue weighted by Crippen LogP contribution is -2.24. The lowest BCUT2D eigenvalue weighted by atomic mass is 10.2. The van der Waals surface area contributed by atoms with E-state index in [4.69, 9.17) is 27.9 Å². The third-order valence-electron chi connectivity index (χ3n) is 3.15. The van der Waals surface area contributed by atoms with Gasteiger partial charge in [-0.2, -0.15) is 5.10 Å². The summed E-state index contributed by atoms with van der Waals surface area (Å²) in [7, 11) is 0. The first-order chi connectivity index (χ1) is 11.5. The zero-order chi connectivity index (χ0) is 17.5. The van der Waals surface area contributed by atoms with Crippen LogP contribution in [0.2, 0.25) is 10.0 Å². The van der Waals surface area contributed by atoms with Gasteiger partial charge in [0, 0.05) is 10.6 Å². The quantitative estimate of drug-likeness (QED) is 0.603. The maximum atomic E-state index is 11.7. The van der Waals surface area contributed by atoms with Gasteiger partial charge in [0.1, 0.15) is 11.5 Å². The molecule has 0 aliphatic carbocycles. The number of hydrogen-bond acceptors (Lipinski definition) is 4. The van der Waals surface area contributed by atoms with Crippen LogP contribution in [-0.4, -0.2) is 23.8 Å². The van der Waals surface area contributed by atoms with E-state index in [1.807, 2.05) is 12.1 Å². The Hall–Kier alpha value is -2.24. The van der Waals surface area contributed by atoms with Gasteiger partial charge in [-0.15, -0.1) is 0 Å². The minimum atomic E-state index is -0.432. The molecule has 126 valence electrons. The Morgan fingerprint density at radius 3 is 2.67 bits per heavy atom. The van der Waals surface area contributed by atoms with E-state index in [1.54, 1.807) is 12.1 Å². The molecule has 24 heavy (non-hydrogen) atoms. The van der Waals surface area contributed by atoms with Gasteiger partial charge in [-0.05, 0) is 36.2 Å². The first-order valence-corrected chi connectivity index (χ1v) is 7.97. The van der Waals surface area contributed by atoms with E-state index in [2.05, 4.69) is 17.5 Å². The number of carbonyl (C=O) groups is 1. The van der Waals surface area contributed by atoms with Crippen LogP contribution in [0.5, 0.6) is 11.5 Å². The number of phenolic OH excluding ortho intramolecular Hbond substituents is 1. The second kappa shape index (κ2) is 8.57. The van der Waals surface area contributed by atoms with Crippen LogP contribution in [0.25, 0.3) is 0 Å². The van der Waals surface area contributed by atoms with Crippen molar-refractivity contribution in [3.05, 3.63) is 57.6 Å². The monoisotopic (exact) mass is 366 g/mol. The Labute approximate surface area is 149 Å². The van der Waals surface area contributed by atoms with Gasteiger partial charge >= 0.3 is 0 Å². The standard InChI is InChI=1S/C17H16Cl2N2O3/c1-2-11-3-5-14(6-4-11)24-10-16(22)21-20-9-12-7-13(18)8-15(19)17(12)23/h3-9,23H,2,10H2,1H3,(H,21,22). The summed E-state index contributed by atoms with van der Waals surface area (Å²) < 4.78 is 5.35. The molecule has 1 amide bonds. The molecule has 0 saturated heterocycles. The molecule has 0 radical (unpaired) electrons. The van der Waals surface area contributed by atoms with Crippen LogP contribution in [0.1, 0.15) is 18.1 Å². The number of hydrogen-bond donors (Lipinski definition) is 2. The van der Waals surface area contributed by atoms with E-state index in [-0.39, 0.29) is 17.4 Å². The van der Waals surface area contributed by atoms with Crippen molar-refractivity contribution in [2.24, 2.45) is 5.10 Å². The number of amides is 1. The smallest absolute Gasteiger partial charge is 0.277 e. The highest BCUT2D eigenvalue weighted by Crippen LogP contribution is 2.29. The van der Waals surface area contributed by atoms with Gasteiger partial charge in [-0.3, -0.25) is 4.79 Å². The molecule has 2 aromatic rings. The number of benzene rings is 2. The Morgan fingerprint density at radius 1 is 1.29 bits per heavy atom. The van der Waals surface area contributed by atoms with Gasteiger partial charge < -0.3 is 9.84 Å². The van der Waals surface area contributed by atoms with Crippen molar-refractivity contribution in [3.8, 4) is 11.5 Å². The van der Waals surface area contributed by atoms with Crippen LogP contribution in [0.3, 0.4) is 0 Å². The molecule has 0 aliphatic rings. The summed E-state index contributed by atoms with van der Waals surface area (Å²) >= 11 is 11.6. The van der Waals surface area contributed by atoms with Gasteiger partial charge in [0.15, 0.2) is 6.61 Å². The van der Waals surface area contributed by atoms with Gasteiger partial charge in [-0.1, -0.05) is 42.3 Å². The first-order valence-electron chi connectivity index (χ1n) is 7.21. The molecular formula is C17H16Cl2N2O3. The Balaban J connectivity index is 1.86. The molecule has 2 rings (SSSR count). The van der Waals surface area contributed by atoms with Crippen molar-refractivity contribution in [1.82, 2.24) is 5.43 Å². The topological polar surface area (TPSA) is 70.9 Å². The number of nitrogens with zero attached hydrogens (tertiary/aromatic N) is 1. The Bertz CT molecular complexity index is 746. The number of ether oxygens (including phenoxy) is 1. The van der Waals surface area contributed by atoms with Crippen LogP contribution in [0, 0.1) is 0 Å². The van der Waals surface area contributed by atoms with Crippen LogP contribution >= 0.6 is 23.2 Å². The first kappa shape index (κ1) is 18.1. The van der Waals surface area contributed by atoms with E-state index in [1.165, 1.54) is 23.9 Å². The molecule has 0 spiro atoms. The summed E-state index contributed by atoms with van der Waals surface area (Å²) in [6.07, 6.45) is 2.19. The molecule has 0 saturated carbocycles. The van der Waals surface area contributed by atoms with Gasteiger partial charge in [0.05, 0.1) is 11.2 Å². The van der Waals surface area contributed by atoms with Crippen molar-refractivity contribution in [2.45, 2.75) is 13.3 Å². The highest BCUT2D eigenvalue weighted by Gasteiger charge is 2.06. The summed E-state index contributed by atoms with van der Waals surface area (Å²) in [5.74, 6) is 0.00959. The molecule has 5 nitrogen and oxygen atoms in total. The van der Waals surface area contributed by atoms with Crippen molar-refractivity contribution in [3.63, 3.8) is 0 Å². The molecule has 7 heteroatoms. The average molecular weight is 367 g/mol. The Kier molecular flexibility index (Phi) is 6.46. The van der Waals surface area contributed by atoms with Crippen molar-refractivity contribution in [2.75, 3.05) is 6.61 Å². The summed E-state index contributed by atoms with van der Waals surface area (Å²) in [5.41, 5.74) is 3.78. The lowest BCUT2D eigenvalue weighted by molar-refractivity contribution is -0.123.